The predicted molar refractivity (Wildman–Crippen MR) is 78.2 cm³/mol. The summed E-state index contributed by atoms with van der Waals surface area (Å²) >= 11 is 0. The Morgan fingerprint density at radius 2 is 2.24 bits per heavy atom. The van der Waals surface area contributed by atoms with Crippen LogP contribution in [0.15, 0.2) is 12.1 Å². The van der Waals surface area contributed by atoms with Crippen LogP contribution >= 0.6 is 0 Å². The van der Waals surface area contributed by atoms with Crippen molar-refractivity contribution in [3.63, 3.8) is 0 Å². The molecular weight excluding hydrogens is 272 g/mol. The molecule has 1 aliphatic rings. The second-order valence-corrected chi connectivity index (χ2v) is 4.92. The van der Waals surface area contributed by atoms with E-state index < -0.39 is 4.92 Å². The van der Waals surface area contributed by atoms with Gasteiger partial charge in [-0.1, -0.05) is 0 Å². The molecule has 8 heteroatoms. The number of hydrogen-bond donors (Lipinski definition) is 1. The van der Waals surface area contributed by atoms with Crippen LogP contribution in [0.5, 0.6) is 0 Å². The largest absolute Gasteiger partial charge is 0.358 e. The van der Waals surface area contributed by atoms with E-state index in [4.69, 9.17) is 5.26 Å². The lowest BCUT2D eigenvalue weighted by Gasteiger charge is -2.29. The van der Waals surface area contributed by atoms with Crippen molar-refractivity contribution < 1.29 is 4.92 Å². The van der Waals surface area contributed by atoms with E-state index >= 15 is 0 Å². The number of nitrogens with zero attached hydrogens (tertiary/aromatic N) is 5. The zero-order valence-corrected chi connectivity index (χ0v) is 11.9. The van der Waals surface area contributed by atoms with Crippen molar-refractivity contribution in [2.75, 3.05) is 51.2 Å². The molecule has 1 fully saturated rings. The van der Waals surface area contributed by atoms with Gasteiger partial charge in [-0.05, 0) is 6.07 Å². The Morgan fingerprint density at radius 3 is 2.86 bits per heavy atom. The highest BCUT2D eigenvalue weighted by molar-refractivity contribution is 5.51. The molecule has 0 aliphatic carbocycles. The van der Waals surface area contributed by atoms with Gasteiger partial charge in [0.1, 0.15) is 11.9 Å². The van der Waals surface area contributed by atoms with Crippen LogP contribution in [0.2, 0.25) is 0 Å². The van der Waals surface area contributed by atoms with Crippen LogP contribution in [0.1, 0.15) is 5.69 Å². The number of rotatable bonds is 5. The number of piperazine rings is 1. The van der Waals surface area contributed by atoms with Crippen molar-refractivity contribution in [3.8, 4) is 6.07 Å². The molecule has 1 aromatic heterocycles. The van der Waals surface area contributed by atoms with E-state index in [1.54, 1.807) is 12.1 Å². The zero-order chi connectivity index (χ0) is 15.2. The SMILES string of the molecule is CN(CCN1CCNCC1)c1ccc([N+](=O)[O-])c(C#N)n1. The number of nitriles is 1. The molecule has 0 bridgehead atoms. The molecule has 1 N–H and O–H groups in total. The molecule has 1 saturated heterocycles. The minimum atomic E-state index is -0.587. The van der Waals surface area contributed by atoms with Gasteiger partial charge in [0, 0.05) is 52.4 Å². The monoisotopic (exact) mass is 290 g/mol. The van der Waals surface area contributed by atoms with Gasteiger partial charge in [-0.3, -0.25) is 15.0 Å². The number of aromatic nitrogens is 1. The fraction of sp³-hybridized carbons (Fsp3) is 0.538. The van der Waals surface area contributed by atoms with Gasteiger partial charge in [0.05, 0.1) is 4.92 Å². The highest BCUT2D eigenvalue weighted by Gasteiger charge is 2.17. The van der Waals surface area contributed by atoms with Crippen molar-refractivity contribution in [3.05, 3.63) is 27.9 Å². The zero-order valence-electron chi connectivity index (χ0n) is 11.9. The van der Waals surface area contributed by atoms with Crippen LogP contribution in [-0.4, -0.2) is 61.1 Å². The van der Waals surface area contributed by atoms with Crippen LogP contribution in [-0.2, 0) is 0 Å². The molecule has 0 radical (unpaired) electrons. The predicted octanol–water partition coefficient (Wildman–Crippen LogP) is 0.203. The van der Waals surface area contributed by atoms with Gasteiger partial charge in [0.25, 0.3) is 0 Å². The van der Waals surface area contributed by atoms with Gasteiger partial charge in [0.15, 0.2) is 0 Å². The molecule has 0 unspecified atom stereocenters. The molecule has 0 atom stereocenters. The third kappa shape index (κ3) is 3.87. The van der Waals surface area contributed by atoms with Crippen molar-refractivity contribution in [2.45, 2.75) is 0 Å². The summed E-state index contributed by atoms with van der Waals surface area (Å²) < 4.78 is 0. The quantitative estimate of drug-likeness (QED) is 0.611. The summed E-state index contributed by atoms with van der Waals surface area (Å²) in [7, 11) is 1.87. The molecule has 1 aromatic rings. The molecule has 2 rings (SSSR count). The summed E-state index contributed by atoms with van der Waals surface area (Å²) in [5.74, 6) is 0.576. The minimum absolute atomic E-state index is 0.147. The summed E-state index contributed by atoms with van der Waals surface area (Å²) in [5, 5.41) is 23.0. The maximum Gasteiger partial charge on any atom is 0.305 e. The van der Waals surface area contributed by atoms with Gasteiger partial charge < -0.3 is 10.2 Å². The van der Waals surface area contributed by atoms with Crippen molar-refractivity contribution >= 4 is 11.5 Å². The lowest BCUT2D eigenvalue weighted by Crippen LogP contribution is -2.46. The fourth-order valence-electron chi connectivity index (χ4n) is 2.22. The molecule has 0 saturated carbocycles. The van der Waals surface area contributed by atoms with Crippen LogP contribution in [0.25, 0.3) is 0 Å². The molecule has 0 spiro atoms. The number of nitro groups is 1. The Morgan fingerprint density at radius 1 is 1.52 bits per heavy atom. The van der Waals surface area contributed by atoms with E-state index in [1.165, 1.54) is 6.07 Å². The normalized spacial score (nSPS) is 15.4. The van der Waals surface area contributed by atoms with E-state index in [0.717, 1.165) is 39.3 Å². The van der Waals surface area contributed by atoms with Crippen LogP contribution < -0.4 is 10.2 Å². The first-order valence-corrected chi connectivity index (χ1v) is 6.81. The molecule has 0 aromatic carbocycles. The van der Waals surface area contributed by atoms with E-state index in [9.17, 15) is 10.1 Å². The summed E-state index contributed by atoms with van der Waals surface area (Å²) in [6, 6.07) is 4.70. The molecule has 8 nitrogen and oxygen atoms in total. The fourth-order valence-corrected chi connectivity index (χ4v) is 2.22. The Kier molecular flexibility index (Phi) is 5.03. The van der Waals surface area contributed by atoms with E-state index in [0.29, 0.717) is 5.82 Å². The van der Waals surface area contributed by atoms with Crippen LogP contribution in [0, 0.1) is 21.4 Å². The van der Waals surface area contributed by atoms with Gasteiger partial charge in [-0.15, -0.1) is 0 Å². The molecule has 21 heavy (non-hydrogen) atoms. The van der Waals surface area contributed by atoms with E-state index in [2.05, 4.69) is 15.2 Å². The highest BCUT2D eigenvalue weighted by atomic mass is 16.6. The number of anilines is 1. The molecule has 0 amide bonds. The highest BCUT2D eigenvalue weighted by Crippen LogP contribution is 2.19. The number of nitrogens with one attached hydrogen (secondary N) is 1. The number of likely N-dealkylation sites (N-methyl/N-ethyl adjacent to an activating group) is 1. The second-order valence-electron chi connectivity index (χ2n) is 4.92. The Labute approximate surface area is 123 Å². The maximum absolute atomic E-state index is 10.8. The van der Waals surface area contributed by atoms with Crippen LogP contribution in [0.4, 0.5) is 11.5 Å². The first kappa shape index (κ1) is 15.2. The topological polar surface area (TPSA) is 98.3 Å². The lowest BCUT2D eigenvalue weighted by atomic mass is 10.3. The third-order valence-corrected chi connectivity index (χ3v) is 3.51. The summed E-state index contributed by atoms with van der Waals surface area (Å²) in [5.41, 5.74) is -0.400. The Hall–Kier alpha value is -2.24. The second kappa shape index (κ2) is 6.97. The van der Waals surface area contributed by atoms with Gasteiger partial charge in [0.2, 0.25) is 5.69 Å². The average molecular weight is 290 g/mol. The smallest absolute Gasteiger partial charge is 0.305 e. The van der Waals surface area contributed by atoms with Gasteiger partial charge in [-0.25, -0.2) is 4.98 Å². The van der Waals surface area contributed by atoms with Crippen molar-refractivity contribution in [1.29, 1.82) is 5.26 Å². The summed E-state index contributed by atoms with van der Waals surface area (Å²) in [6.07, 6.45) is 0. The first-order chi connectivity index (χ1) is 10.1. The number of hydrogen-bond acceptors (Lipinski definition) is 7. The summed E-state index contributed by atoms with van der Waals surface area (Å²) in [4.78, 5) is 18.5. The van der Waals surface area contributed by atoms with Gasteiger partial charge >= 0.3 is 5.69 Å². The van der Waals surface area contributed by atoms with Gasteiger partial charge in [-0.2, -0.15) is 5.26 Å². The standard InChI is InChI=1S/C13H18N6O2/c1-17(8-9-18-6-4-15-5-7-18)13-3-2-12(19(20)21)11(10-14)16-13/h2-3,15H,4-9H2,1H3. The number of pyridine rings is 1. The molecule has 2 heterocycles. The van der Waals surface area contributed by atoms with Crippen molar-refractivity contribution in [2.24, 2.45) is 0 Å². The minimum Gasteiger partial charge on any atom is -0.358 e. The Bertz CT molecular complexity index is 550. The molecule has 112 valence electrons. The average Bonchev–Trinajstić information content (AvgIpc) is 2.52. The molecular formula is C13H18N6O2. The maximum atomic E-state index is 10.8. The van der Waals surface area contributed by atoms with Crippen LogP contribution in [0.3, 0.4) is 0 Å². The Balaban J connectivity index is 2.00. The first-order valence-electron chi connectivity index (χ1n) is 6.81. The summed E-state index contributed by atoms with van der Waals surface area (Å²) in [6.45, 7) is 5.69. The third-order valence-electron chi connectivity index (χ3n) is 3.51. The molecule has 1 aliphatic heterocycles. The van der Waals surface area contributed by atoms with E-state index in [1.807, 2.05) is 11.9 Å². The van der Waals surface area contributed by atoms with Crippen molar-refractivity contribution in [1.82, 2.24) is 15.2 Å². The van der Waals surface area contributed by atoms with E-state index in [-0.39, 0.29) is 11.4 Å². The lowest BCUT2D eigenvalue weighted by molar-refractivity contribution is -0.385.